The minimum atomic E-state index is -2.40. The number of carbonyl (C=O) groups excluding carboxylic acids is 7. The topological polar surface area (TPSA) is 230 Å². The Bertz CT molecular complexity index is 1270. The van der Waals surface area contributed by atoms with Crippen LogP contribution >= 0.6 is 0 Å². The Morgan fingerprint density at radius 1 is 0.694 bits per heavy atom. The van der Waals surface area contributed by atoms with E-state index in [0.29, 0.717) is 0 Å². The Morgan fingerprint density at radius 2 is 1.27 bits per heavy atom. The van der Waals surface area contributed by atoms with E-state index in [4.69, 9.17) is 56.8 Å². The summed E-state index contributed by atoms with van der Waals surface area (Å²) in [5.74, 6) is -9.68. The van der Waals surface area contributed by atoms with Gasteiger partial charge in [-0.1, -0.05) is 0 Å². The summed E-state index contributed by atoms with van der Waals surface area (Å²) in [5.41, 5.74) is 0. The maximum atomic E-state index is 12.4. The zero-order chi connectivity index (χ0) is 36.7. The number of carbonyl (C=O) groups is 7. The standard InChI is InChI=1S/C30H42O19/c1-9-38-22(37)10-29(8)41-12-20-23(48-29)25(43-17(5)34)26(44-18(6)35)28(46-20)49-30(13-40-15(3)32)27(45-19(7)36)24(42-16(4)33)21(47-30)11-39-14(2)31/h20-21,23-28H,9-13H2,1-8H3/t20-,21-,23-,24-,25+,26-,27+,28-,29?,30+/m1/s1. The van der Waals surface area contributed by atoms with Gasteiger partial charge in [0.25, 0.3) is 0 Å². The van der Waals surface area contributed by atoms with Crippen molar-refractivity contribution in [3.63, 3.8) is 0 Å². The fraction of sp³-hybridized carbons (Fsp3) is 0.767. The highest BCUT2D eigenvalue weighted by Gasteiger charge is 2.65. The van der Waals surface area contributed by atoms with Crippen LogP contribution in [0.3, 0.4) is 0 Å². The van der Waals surface area contributed by atoms with Gasteiger partial charge in [0.05, 0.1) is 19.6 Å². The Kier molecular flexibility index (Phi) is 13.4. The molecule has 0 radical (unpaired) electrons. The molecule has 1 unspecified atom stereocenters. The van der Waals surface area contributed by atoms with E-state index >= 15 is 0 Å². The van der Waals surface area contributed by atoms with Gasteiger partial charge in [-0.3, -0.25) is 33.6 Å². The molecule has 0 saturated carbocycles. The predicted molar refractivity (Wildman–Crippen MR) is 153 cm³/mol. The summed E-state index contributed by atoms with van der Waals surface area (Å²) in [6.07, 6.45) is -12.2. The zero-order valence-corrected chi connectivity index (χ0v) is 28.4. The summed E-state index contributed by atoms with van der Waals surface area (Å²) >= 11 is 0. The highest BCUT2D eigenvalue weighted by molar-refractivity contribution is 5.70. The molecule has 3 aliphatic heterocycles. The van der Waals surface area contributed by atoms with E-state index in [9.17, 15) is 33.6 Å². The lowest BCUT2D eigenvalue weighted by molar-refractivity contribution is -0.417. The van der Waals surface area contributed by atoms with Gasteiger partial charge >= 0.3 is 41.8 Å². The molecule has 0 amide bonds. The SMILES string of the molecule is CCOC(=O)CC1(C)OC[C@H]2O[C@H](O[C@]3(COC(C)=O)O[C@H](COC(C)=O)[C@@H](OC(C)=O)[C@@H]3OC(C)=O)[C@H](OC(C)=O)[C@@H](OC(C)=O)[C@@H]2O1. The number of esters is 7. The minimum Gasteiger partial charge on any atom is -0.466 e. The van der Waals surface area contributed by atoms with Gasteiger partial charge in [0.1, 0.15) is 31.5 Å². The fourth-order valence-corrected chi connectivity index (χ4v) is 5.51. The van der Waals surface area contributed by atoms with Crippen LogP contribution in [0.1, 0.15) is 61.8 Å². The van der Waals surface area contributed by atoms with Gasteiger partial charge in [-0.2, -0.15) is 0 Å². The molecule has 0 aliphatic carbocycles. The summed E-state index contributed by atoms with van der Waals surface area (Å²) in [6, 6.07) is 0. The molecular weight excluding hydrogens is 664 g/mol. The summed E-state index contributed by atoms with van der Waals surface area (Å²) in [5, 5.41) is 0. The van der Waals surface area contributed by atoms with Crippen LogP contribution < -0.4 is 0 Å². The number of ether oxygens (including phenoxy) is 12. The van der Waals surface area contributed by atoms with E-state index in [-0.39, 0.29) is 19.6 Å². The lowest BCUT2D eigenvalue weighted by atomic mass is 9.96. The van der Waals surface area contributed by atoms with E-state index in [2.05, 4.69) is 0 Å². The maximum absolute atomic E-state index is 12.4. The van der Waals surface area contributed by atoms with Crippen LogP contribution in [-0.2, 0) is 90.4 Å². The molecule has 19 heteroatoms. The quantitative estimate of drug-likeness (QED) is 0.178. The molecule has 3 saturated heterocycles. The third kappa shape index (κ3) is 10.5. The second-order valence-electron chi connectivity index (χ2n) is 11.5. The second kappa shape index (κ2) is 16.7. The Morgan fingerprint density at radius 3 is 1.82 bits per heavy atom. The van der Waals surface area contributed by atoms with Crippen molar-refractivity contribution in [1.82, 2.24) is 0 Å². The molecule has 0 spiro atoms. The van der Waals surface area contributed by atoms with Gasteiger partial charge in [0.15, 0.2) is 30.2 Å². The average Bonchev–Trinajstić information content (AvgIpc) is 3.23. The van der Waals surface area contributed by atoms with E-state index in [0.717, 1.165) is 41.5 Å². The van der Waals surface area contributed by atoms with Gasteiger partial charge < -0.3 is 56.8 Å². The molecule has 19 nitrogen and oxygen atoms in total. The monoisotopic (exact) mass is 706 g/mol. The van der Waals surface area contributed by atoms with Crippen LogP contribution in [0.4, 0.5) is 0 Å². The Labute approximate surface area is 281 Å². The molecule has 0 aromatic carbocycles. The third-order valence-corrected chi connectivity index (χ3v) is 7.19. The highest BCUT2D eigenvalue weighted by Crippen LogP contribution is 2.43. The van der Waals surface area contributed by atoms with Crippen molar-refractivity contribution in [2.45, 2.75) is 122 Å². The summed E-state index contributed by atoms with van der Waals surface area (Å²) in [6.45, 7) is 7.92. The highest BCUT2D eigenvalue weighted by atomic mass is 16.8. The molecule has 3 fully saturated rings. The van der Waals surface area contributed by atoms with Gasteiger partial charge in [0.2, 0.25) is 12.1 Å². The molecule has 49 heavy (non-hydrogen) atoms. The largest absolute Gasteiger partial charge is 0.466 e. The van der Waals surface area contributed by atoms with Crippen LogP contribution in [0.25, 0.3) is 0 Å². The fourth-order valence-electron chi connectivity index (χ4n) is 5.51. The van der Waals surface area contributed by atoms with E-state index in [1.807, 2.05) is 0 Å². The first-order valence-corrected chi connectivity index (χ1v) is 15.3. The molecular formula is C30H42O19. The molecule has 3 rings (SSSR count). The van der Waals surface area contributed by atoms with E-state index in [1.54, 1.807) is 6.92 Å². The number of hydrogen-bond donors (Lipinski definition) is 0. The van der Waals surface area contributed by atoms with Crippen molar-refractivity contribution in [1.29, 1.82) is 0 Å². The minimum absolute atomic E-state index is 0.0965. The normalized spacial score (nSPS) is 33.6. The van der Waals surface area contributed by atoms with E-state index < -0.39 is 116 Å². The smallest absolute Gasteiger partial charge is 0.311 e. The zero-order valence-electron chi connectivity index (χ0n) is 28.4. The van der Waals surface area contributed by atoms with Crippen LogP contribution in [0.2, 0.25) is 0 Å². The second-order valence-corrected chi connectivity index (χ2v) is 11.5. The Balaban J connectivity index is 2.11. The molecule has 10 atom stereocenters. The molecule has 0 N–H and O–H groups in total. The summed E-state index contributed by atoms with van der Waals surface area (Å²) in [4.78, 5) is 85.4. The molecule has 0 bridgehead atoms. The number of rotatable bonds is 13. The van der Waals surface area contributed by atoms with Gasteiger partial charge in [0, 0.05) is 41.5 Å². The molecule has 0 aromatic rings. The van der Waals surface area contributed by atoms with Gasteiger partial charge in [-0.25, -0.2) is 0 Å². The van der Waals surface area contributed by atoms with Crippen LogP contribution in [0.5, 0.6) is 0 Å². The van der Waals surface area contributed by atoms with Crippen molar-refractivity contribution in [2.24, 2.45) is 0 Å². The average molecular weight is 707 g/mol. The van der Waals surface area contributed by atoms with Crippen molar-refractivity contribution >= 4 is 41.8 Å². The van der Waals surface area contributed by atoms with Crippen LogP contribution in [0.15, 0.2) is 0 Å². The Hall–Kier alpha value is -3.91. The number of fused-ring (bicyclic) bond motifs is 1. The predicted octanol–water partition coefficient (Wildman–Crippen LogP) is -0.239. The van der Waals surface area contributed by atoms with Crippen molar-refractivity contribution in [3.05, 3.63) is 0 Å². The summed E-state index contributed by atoms with van der Waals surface area (Å²) < 4.78 is 67.9. The lowest BCUT2D eigenvalue weighted by Gasteiger charge is -2.51. The molecule has 0 aromatic heterocycles. The third-order valence-electron chi connectivity index (χ3n) is 7.19. The van der Waals surface area contributed by atoms with Crippen molar-refractivity contribution in [3.8, 4) is 0 Å². The molecule has 276 valence electrons. The van der Waals surface area contributed by atoms with Gasteiger partial charge in [-0.15, -0.1) is 0 Å². The van der Waals surface area contributed by atoms with Crippen LogP contribution in [0, 0.1) is 0 Å². The maximum Gasteiger partial charge on any atom is 0.311 e. The van der Waals surface area contributed by atoms with Crippen molar-refractivity contribution in [2.75, 3.05) is 26.4 Å². The molecule has 3 aliphatic rings. The van der Waals surface area contributed by atoms with Crippen LogP contribution in [-0.4, -0.2) is 129 Å². The first kappa shape index (κ1) is 39.5. The van der Waals surface area contributed by atoms with Crippen molar-refractivity contribution < 1.29 is 90.4 Å². The lowest BCUT2D eigenvalue weighted by Crippen LogP contribution is -2.68. The number of hydrogen-bond acceptors (Lipinski definition) is 19. The first-order chi connectivity index (χ1) is 22.9. The van der Waals surface area contributed by atoms with E-state index in [1.165, 1.54) is 6.92 Å². The molecule has 3 heterocycles. The first-order valence-electron chi connectivity index (χ1n) is 15.3. The van der Waals surface area contributed by atoms with Gasteiger partial charge in [-0.05, 0) is 13.8 Å². The summed E-state index contributed by atoms with van der Waals surface area (Å²) in [7, 11) is 0.